The molecule has 0 bridgehead atoms. The lowest BCUT2D eigenvalue weighted by atomic mass is 10.0. The highest BCUT2D eigenvalue weighted by atomic mass is 19.1. The fraction of sp³-hybridized carbons (Fsp3) is 0. The molecule has 0 unspecified atom stereocenters. The Morgan fingerprint density at radius 3 is 2.22 bits per heavy atom. The normalized spacial score (nSPS) is 10.3. The smallest absolute Gasteiger partial charge is 0.268 e. The molecular weight excluding hydrogens is 295 g/mol. The van der Waals surface area contributed by atoms with Gasteiger partial charge in [-0.05, 0) is 17.7 Å². The second-order valence-electron chi connectivity index (χ2n) is 4.80. The van der Waals surface area contributed by atoms with E-state index in [2.05, 4.69) is 4.98 Å². The van der Waals surface area contributed by atoms with Crippen LogP contribution in [0.25, 0.3) is 11.1 Å². The van der Waals surface area contributed by atoms with E-state index in [1.165, 1.54) is 0 Å². The maximum atomic E-state index is 14.3. The Kier molecular flexibility index (Phi) is 4.01. The van der Waals surface area contributed by atoms with Crippen LogP contribution < -0.4 is 10.5 Å². The summed E-state index contributed by atoms with van der Waals surface area (Å²) in [6, 6.07) is 17.6. The van der Waals surface area contributed by atoms with Gasteiger partial charge in [0.1, 0.15) is 11.4 Å². The number of carbonyl (C=O) groups is 1. The number of benzene rings is 2. The van der Waals surface area contributed by atoms with Crippen LogP contribution in [0.15, 0.2) is 66.9 Å². The standard InChI is InChI=1S/C18H13FN2O2/c19-14-11-21-16(18(20)22)15(12-7-3-1-4-8-12)17(14)23-13-9-5-2-6-10-13/h1-11H,(H2,20,22). The molecule has 1 amide bonds. The number of halogens is 1. The van der Waals surface area contributed by atoms with Gasteiger partial charge in [-0.25, -0.2) is 9.37 Å². The minimum atomic E-state index is -0.748. The fourth-order valence-electron chi connectivity index (χ4n) is 2.24. The fourth-order valence-corrected chi connectivity index (χ4v) is 2.24. The Balaban J connectivity index is 2.21. The minimum Gasteiger partial charge on any atom is -0.453 e. The van der Waals surface area contributed by atoms with E-state index in [1.54, 1.807) is 48.5 Å². The van der Waals surface area contributed by atoms with E-state index in [0.29, 0.717) is 11.3 Å². The number of rotatable bonds is 4. The van der Waals surface area contributed by atoms with Crippen molar-refractivity contribution in [1.29, 1.82) is 0 Å². The molecule has 0 spiro atoms. The summed E-state index contributed by atoms with van der Waals surface area (Å²) in [6.45, 7) is 0. The molecule has 3 aromatic rings. The van der Waals surface area contributed by atoms with Gasteiger partial charge in [-0.1, -0.05) is 48.5 Å². The molecule has 4 nitrogen and oxygen atoms in total. The Morgan fingerprint density at radius 1 is 1.00 bits per heavy atom. The summed E-state index contributed by atoms with van der Waals surface area (Å²) in [7, 11) is 0. The third kappa shape index (κ3) is 3.03. The van der Waals surface area contributed by atoms with E-state index < -0.39 is 11.7 Å². The summed E-state index contributed by atoms with van der Waals surface area (Å²) in [4.78, 5) is 15.5. The molecule has 0 saturated heterocycles. The number of aromatic nitrogens is 1. The number of carbonyl (C=O) groups excluding carboxylic acids is 1. The van der Waals surface area contributed by atoms with Gasteiger partial charge in [-0.3, -0.25) is 4.79 Å². The molecular formula is C18H13FN2O2. The van der Waals surface area contributed by atoms with Crippen LogP contribution in [-0.4, -0.2) is 10.9 Å². The Hall–Kier alpha value is -3.21. The summed E-state index contributed by atoms with van der Waals surface area (Å²) in [5, 5.41) is 0. The molecule has 2 N–H and O–H groups in total. The van der Waals surface area contributed by atoms with Gasteiger partial charge in [-0.2, -0.15) is 0 Å². The summed E-state index contributed by atoms with van der Waals surface area (Å²) in [6.07, 6.45) is 0.935. The number of pyridine rings is 1. The zero-order valence-corrected chi connectivity index (χ0v) is 12.1. The van der Waals surface area contributed by atoms with Crippen molar-refractivity contribution < 1.29 is 13.9 Å². The first-order valence-corrected chi connectivity index (χ1v) is 6.93. The van der Waals surface area contributed by atoms with Gasteiger partial charge in [0.05, 0.1) is 11.8 Å². The Bertz CT molecular complexity index is 836. The van der Waals surface area contributed by atoms with Crippen LogP contribution in [0.1, 0.15) is 10.5 Å². The second-order valence-corrected chi connectivity index (χ2v) is 4.80. The van der Waals surface area contributed by atoms with Crippen LogP contribution in [0.2, 0.25) is 0 Å². The van der Waals surface area contributed by atoms with E-state index in [9.17, 15) is 9.18 Å². The second kappa shape index (κ2) is 6.27. The van der Waals surface area contributed by atoms with Crippen LogP contribution in [0.4, 0.5) is 4.39 Å². The maximum absolute atomic E-state index is 14.3. The molecule has 2 aromatic carbocycles. The molecule has 0 aliphatic rings. The van der Waals surface area contributed by atoms with Gasteiger partial charge in [0.15, 0.2) is 11.6 Å². The van der Waals surface area contributed by atoms with Crippen molar-refractivity contribution in [3.05, 3.63) is 78.4 Å². The lowest BCUT2D eigenvalue weighted by molar-refractivity contribution is 0.0996. The van der Waals surface area contributed by atoms with Gasteiger partial charge >= 0.3 is 0 Å². The quantitative estimate of drug-likeness (QED) is 0.797. The van der Waals surface area contributed by atoms with Crippen molar-refractivity contribution in [3.8, 4) is 22.6 Å². The number of primary amides is 1. The summed E-state index contributed by atoms with van der Waals surface area (Å²) < 4.78 is 20.0. The molecule has 0 atom stereocenters. The molecule has 1 heterocycles. The number of nitrogens with zero attached hydrogens (tertiary/aromatic N) is 1. The van der Waals surface area contributed by atoms with Crippen LogP contribution in [0.3, 0.4) is 0 Å². The van der Waals surface area contributed by atoms with Crippen molar-refractivity contribution in [3.63, 3.8) is 0 Å². The van der Waals surface area contributed by atoms with E-state index in [4.69, 9.17) is 10.5 Å². The first-order chi connectivity index (χ1) is 11.2. The number of amides is 1. The zero-order chi connectivity index (χ0) is 16.2. The molecule has 5 heteroatoms. The van der Waals surface area contributed by atoms with Crippen molar-refractivity contribution in [2.75, 3.05) is 0 Å². The maximum Gasteiger partial charge on any atom is 0.268 e. The van der Waals surface area contributed by atoms with E-state index in [0.717, 1.165) is 6.20 Å². The van der Waals surface area contributed by atoms with Crippen LogP contribution in [0, 0.1) is 5.82 Å². The van der Waals surface area contributed by atoms with Crippen molar-refractivity contribution in [2.24, 2.45) is 5.73 Å². The highest BCUT2D eigenvalue weighted by Crippen LogP contribution is 2.37. The highest BCUT2D eigenvalue weighted by Gasteiger charge is 2.21. The third-order valence-electron chi connectivity index (χ3n) is 3.25. The van der Waals surface area contributed by atoms with Crippen LogP contribution in [-0.2, 0) is 0 Å². The Labute approximate surface area is 132 Å². The molecule has 0 saturated carbocycles. The first kappa shape index (κ1) is 14.7. The van der Waals surface area contributed by atoms with Crippen molar-refractivity contribution in [2.45, 2.75) is 0 Å². The van der Waals surface area contributed by atoms with E-state index in [1.807, 2.05) is 12.1 Å². The molecule has 0 radical (unpaired) electrons. The monoisotopic (exact) mass is 308 g/mol. The summed E-state index contributed by atoms with van der Waals surface area (Å²) in [5.41, 5.74) is 6.18. The lowest BCUT2D eigenvalue weighted by Crippen LogP contribution is -2.15. The first-order valence-electron chi connectivity index (χ1n) is 6.93. The van der Waals surface area contributed by atoms with Crippen LogP contribution in [0.5, 0.6) is 11.5 Å². The summed E-state index contributed by atoms with van der Waals surface area (Å²) in [5.74, 6) is -1.05. The largest absolute Gasteiger partial charge is 0.453 e. The molecule has 0 aliphatic carbocycles. The van der Waals surface area contributed by atoms with Crippen LogP contribution >= 0.6 is 0 Å². The predicted octanol–water partition coefficient (Wildman–Crippen LogP) is 3.78. The number of hydrogen-bond donors (Lipinski definition) is 1. The predicted molar refractivity (Wildman–Crippen MR) is 84.7 cm³/mol. The SMILES string of the molecule is NC(=O)c1ncc(F)c(Oc2ccccc2)c1-c1ccccc1. The van der Waals surface area contributed by atoms with Gasteiger partial charge in [-0.15, -0.1) is 0 Å². The van der Waals surface area contributed by atoms with Gasteiger partial charge in [0, 0.05) is 0 Å². The Morgan fingerprint density at radius 2 is 1.61 bits per heavy atom. The minimum absolute atomic E-state index is 0.0384. The molecule has 23 heavy (non-hydrogen) atoms. The topological polar surface area (TPSA) is 65.2 Å². The van der Waals surface area contributed by atoms with Crippen molar-refractivity contribution >= 4 is 5.91 Å². The van der Waals surface area contributed by atoms with Gasteiger partial charge in [0.25, 0.3) is 5.91 Å². The summed E-state index contributed by atoms with van der Waals surface area (Å²) >= 11 is 0. The highest BCUT2D eigenvalue weighted by molar-refractivity contribution is 5.99. The lowest BCUT2D eigenvalue weighted by Gasteiger charge is -2.14. The van der Waals surface area contributed by atoms with E-state index in [-0.39, 0.29) is 17.0 Å². The molecule has 0 fully saturated rings. The van der Waals surface area contributed by atoms with Gasteiger partial charge in [0.2, 0.25) is 0 Å². The van der Waals surface area contributed by atoms with Gasteiger partial charge < -0.3 is 10.5 Å². The molecule has 1 aromatic heterocycles. The number of hydrogen-bond acceptors (Lipinski definition) is 3. The number of para-hydroxylation sites is 1. The molecule has 0 aliphatic heterocycles. The molecule has 3 rings (SSSR count). The average molecular weight is 308 g/mol. The zero-order valence-electron chi connectivity index (χ0n) is 12.1. The third-order valence-corrected chi connectivity index (χ3v) is 3.25. The average Bonchev–Trinajstić information content (AvgIpc) is 2.58. The number of nitrogens with two attached hydrogens (primary N) is 1. The van der Waals surface area contributed by atoms with E-state index >= 15 is 0 Å². The van der Waals surface area contributed by atoms with Crippen molar-refractivity contribution in [1.82, 2.24) is 4.98 Å². The molecule has 114 valence electrons. The number of ether oxygens (including phenoxy) is 1.